The second kappa shape index (κ2) is 6.41. The summed E-state index contributed by atoms with van der Waals surface area (Å²) in [7, 11) is 1.77. The van der Waals surface area contributed by atoms with E-state index in [1.165, 1.54) is 32.1 Å². The van der Waals surface area contributed by atoms with Crippen LogP contribution in [0, 0.1) is 5.92 Å². The van der Waals surface area contributed by atoms with Crippen LogP contribution in [0.25, 0.3) is 0 Å². The Morgan fingerprint density at radius 1 is 1.43 bits per heavy atom. The average molecular weight is 199 g/mol. The van der Waals surface area contributed by atoms with Crippen molar-refractivity contribution in [3.8, 4) is 0 Å². The van der Waals surface area contributed by atoms with Crippen molar-refractivity contribution in [1.82, 2.24) is 5.32 Å². The van der Waals surface area contributed by atoms with Gasteiger partial charge < -0.3 is 10.1 Å². The molecule has 0 radical (unpaired) electrons. The minimum absolute atomic E-state index is 0.501. The molecule has 1 aliphatic rings. The van der Waals surface area contributed by atoms with Crippen LogP contribution in [0.15, 0.2) is 0 Å². The van der Waals surface area contributed by atoms with E-state index in [1.807, 2.05) is 0 Å². The lowest BCUT2D eigenvalue weighted by Gasteiger charge is -2.31. The Morgan fingerprint density at radius 3 is 2.86 bits per heavy atom. The second-order valence-electron chi connectivity index (χ2n) is 4.66. The first kappa shape index (κ1) is 12.0. The molecule has 0 heterocycles. The summed E-state index contributed by atoms with van der Waals surface area (Å²) in [4.78, 5) is 0. The molecule has 2 nitrogen and oxygen atoms in total. The Bertz CT molecular complexity index is 149. The van der Waals surface area contributed by atoms with Gasteiger partial charge in [-0.3, -0.25) is 0 Å². The van der Waals surface area contributed by atoms with Crippen LogP contribution < -0.4 is 5.32 Å². The number of hydrogen-bond acceptors (Lipinski definition) is 2. The van der Waals surface area contributed by atoms with Gasteiger partial charge in [0.15, 0.2) is 0 Å². The molecule has 0 saturated heterocycles. The summed E-state index contributed by atoms with van der Waals surface area (Å²) in [5.41, 5.74) is 0. The van der Waals surface area contributed by atoms with E-state index in [-0.39, 0.29) is 0 Å². The Hall–Kier alpha value is -0.0800. The molecule has 1 rings (SSSR count). The highest BCUT2D eigenvalue weighted by atomic mass is 16.5. The molecule has 0 amide bonds. The van der Waals surface area contributed by atoms with E-state index >= 15 is 0 Å². The van der Waals surface area contributed by atoms with Crippen molar-refractivity contribution in [2.75, 3.05) is 13.7 Å². The highest BCUT2D eigenvalue weighted by Gasteiger charge is 2.21. The third kappa shape index (κ3) is 3.97. The normalized spacial score (nSPS) is 30.2. The molecule has 14 heavy (non-hydrogen) atoms. The van der Waals surface area contributed by atoms with Gasteiger partial charge in [-0.05, 0) is 25.7 Å². The topological polar surface area (TPSA) is 21.3 Å². The Kier molecular flexibility index (Phi) is 5.49. The summed E-state index contributed by atoms with van der Waals surface area (Å²) in [6.07, 6.45) is 6.90. The molecule has 1 aliphatic carbocycles. The van der Waals surface area contributed by atoms with Crippen LogP contribution in [-0.2, 0) is 4.74 Å². The summed E-state index contributed by atoms with van der Waals surface area (Å²) in [6.45, 7) is 5.35. The first-order valence-electron chi connectivity index (χ1n) is 6.01. The first-order chi connectivity index (χ1) is 6.76. The molecule has 0 aromatic rings. The van der Waals surface area contributed by atoms with Crippen molar-refractivity contribution < 1.29 is 4.74 Å². The molecule has 1 saturated carbocycles. The second-order valence-corrected chi connectivity index (χ2v) is 4.66. The molecule has 0 bridgehead atoms. The van der Waals surface area contributed by atoms with Crippen LogP contribution in [0.4, 0.5) is 0 Å². The van der Waals surface area contributed by atoms with Gasteiger partial charge in [-0.2, -0.15) is 0 Å². The van der Waals surface area contributed by atoms with Crippen LogP contribution >= 0.6 is 0 Å². The van der Waals surface area contributed by atoms with Gasteiger partial charge in [-0.1, -0.05) is 26.2 Å². The van der Waals surface area contributed by atoms with Crippen molar-refractivity contribution in [2.45, 2.75) is 58.0 Å². The molecular weight excluding hydrogens is 174 g/mol. The molecular formula is C12H25NO. The maximum Gasteiger partial charge on any atom is 0.0613 e. The zero-order valence-corrected chi connectivity index (χ0v) is 9.88. The van der Waals surface area contributed by atoms with Crippen molar-refractivity contribution in [3.05, 3.63) is 0 Å². The number of methoxy groups -OCH3 is 1. The fourth-order valence-corrected chi connectivity index (χ4v) is 2.51. The Labute approximate surface area is 88.4 Å². The minimum atomic E-state index is 0.501. The number of hydrogen-bond donors (Lipinski definition) is 1. The largest absolute Gasteiger partial charge is 0.383 e. The van der Waals surface area contributed by atoms with Crippen molar-refractivity contribution in [2.24, 2.45) is 5.92 Å². The predicted octanol–water partition coefficient (Wildman–Crippen LogP) is 2.58. The van der Waals surface area contributed by atoms with Gasteiger partial charge in [0.1, 0.15) is 0 Å². The van der Waals surface area contributed by atoms with Crippen LogP contribution in [0.5, 0.6) is 0 Å². The predicted molar refractivity (Wildman–Crippen MR) is 60.5 cm³/mol. The number of rotatable bonds is 5. The maximum absolute atomic E-state index is 5.14. The summed E-state index contributed by atoms with van der Waals surface area (Å²) >= 11 is 0. The van der Waals surface area contributed by atoms with E-state index in [4.69, 9.17) is 4.74 Å². The molecule has 3 unspecified atom stereocenters. The van der Waals surface area contributed by atoms with E-state index < -0.39 is 0 Å². The van der Waals surface area contributed by atoms with Gasteiger partial charge in [0.05, 0.1) is 6.61 Å². The average Bonchev–Trinajstić information content (AvgIpc) is 2.18. The summed E-state index contributed by atoms with van der Waals surface area (Å²) in [5.74, 6) is 0.955. The van der Waals surface area contributed by atoms with Gasteiger partial charge in [0.2, 0.25) is 0 Å². The molecule has 0 aliphatic heterocycles. The zero-order valence-electron chi connectivity index (χ0n) is 9.88. The Balaban J connectivity index is 2.22. The highest BCUT2D eigenvalue weighted by molar-refractivity contribution is 4.79. The van der Waals surface area contributed by atoms with E-state index in [9.17, 15) is 0 Å². The minimum Gasteiger partial charge on any atom is -0.383 e. The summed E-state index contributed by atoms with van der Waals surface area (Å²) in [5, 5.41) is 3.66. The summed E-state index contributed by atoms with van der Waals surface area (Å²) < 4.78 is 5.14. The molecule has 2 heteroatoms. The van der Waals surface area contributed by atoms with Crippen molar-refractivity contribution >= 4 is 0 Å². The van der Waals surface area contributed by atoms with Crippen molar-refractivity contribution in [3.63, 3.8) is 0 Å². The van der Waals surface area contributed by atoms with Gasteiger partial charge in [-0.15, -0.1) is 0 Å². The maximum atomic E-state index is 5.14. The SMILES string of the molecule is CCC1CCCC(NC(C)COC)C1. The van der Waals surface area contributed by atoms with Gasteiger partial charge in [0, 0.05) is 19.2 Å². The lowest BCUT2D eigenvalue weighted by Crippen LogP contribution is -2.41. The highest BCUT2D eigenvalue weighted by Crippen LogP contribution is 2.26. The third-order valence-corrected chi connectivity index (χ3v) is 3.30. The van der Waals surface area contributed by atoms with Crippen LogP contribution in [-0.4, -0.2) is 25.8 Å². The van der Waals surface area contributed by atoms with E-state index in [1.54, 1.807) is 7.11 Å². The first-order valence-corrected chi connectivity index (χ1v) is 6.01. The fourth-order valence-electron chi connectivity index (χ4n) is 2.51. The van der Waals surface area contributed by atoms with Crippen LogP contribution in [0.3, 0.4) is 0 Å². The van der Waals surface area contributed by atoms with E-state index in [0.29, 0.717) is 6.04 Å². The molecule has 84 valence electrons. The van der Waals surface area contributed by atoms with Gasteiger partial charge in [0.25, 0.3) is 0 Å². The van der Waals surface area contributed by atoms with Crippen LogP contribution in [0.1, 0.15) is 46.0 Å². The molecule has 0 spiro atoms. The van der Waals surface area contributed by atoms with Crippen LogP contribution in [0.2, 0.25) is 0 Å². The molecule has 1 fully saturated rings. The lowest BCUT2D eigenvalue weighted by atomic mass is 9.84. The van der Waals surface area contributed by atoms with E-state index in [2.05, 4.69) is 19.2 Å². The van der Waals surface area contributed by atoms with E-state index in [0.717, 1.165) is 18.6 Å². The van der Waals surface area contributed by atoms with Crippen molar-refractivity contribution in [1.29, 1.82) is 0 Å². The van der Waals surface area contributed by atoms with Gasteiger partial charge in [-0.25, -0.2) is 0 Å². The molecule has 0 aromatic carbocycles. The summed E-state index contributed by atoms with van der Waals surface area (Å²) in [6, 6.07) is 1.24. The quantitative estimate of drug-likeness (QED) is 0.735. The number of nitrogens with one attached hydrogen (secondary N) is 1. The monoisotopic (exact) mass is 199 g/mol. The Morgan fingerprint density at radius 2 is 2.21 bits per heavy atom. The number of ether oxygens (including phenoxy) is 1. The third-order valence-electron chi connectivity index (χ3n) is 3.30. The molecule has 0 aromatic heterocycles. The standard InChI is InChI=1S/C12H25NO/c1-4-11-6-5-7-12(8-11)13-10(2)9-14-3/h10-13H,4-9H2,1-3H3. The lowest BCUT2D eigenvalue weighted by molar-refractivity contribution is 0.156. The smallest absolute Gasteiger partial charge is 0.0613 e. The van der Waals surface area contributed by atoms with Gasteiger partial charge >= 0.3 is 0 Å². The molecule has 1 N–H and O–H groups in total. The fraction of sp³-hybridized carbons (Fsp3) is 1.00. The molecule has 3 atom stereocenters. The zero-order chi connectivity index (χ0) is 10.4.